The summed E-state index contributed by atoms with van der Waals surface area (Å²) in [5, 5.41) is 13.0. The molecule has 3 aromatic rings. The Morgan fingerprint density at radius 3 is 2.54 bits per heavy atom. The Morgan fingerprint density at radius 2 is 1.75 bits per heavy atom. The molecule has 4 rings (SSSR count). The summed E-state index contributed by atoms with van der Waals surface area (Å²) in [4.78, 5) is 6.82. The minimum absolute atomic E-state index is 0.0464. The number of pyridine rings is 1. The van der Waals surface area contributed by atoms with Crippen molar-refractivity contribution in [3.63, 3.8) is 0 Å². The molecule has 2 heterocycles. The number of fused-ring (bicyclic) bond motifs is 1. The van der Waals surface area contributed by atoms with Gasteiger partial charge in [0.1, 0.15) is 5.75 Å². The van der Waals surface area contributed by atoms with E-state index in [1.807, 2.05) is 36.5 Å². The van der Waals surface area contributed by atoms with E-state index in [1.54, 1.807) is 6.20 Å². The maximum absolute atomic E-state index is 10.7. The fourth-order valence-electron chi connectivity index (χ4n) is 3.85. The van der Waals surface area contributed by atoms with Crippen LogP contribution in [0.25, 0.3) is 10.8 Å². The van der Waals surface area contributed by atoms with Gasteiger partial charge in [0.15, 0.2) is 0 Å². The smallest absolute Gasteiger partial charge is 0.121 e. The second-order valence-corrected chi connectivity index (χ2v) is 6.51. The van der Waals surface area contributed by atoms with Gasteiger partial charge in [0.05, 0.1) is 6.04 Å². The van der Waals surface area contributed by atoms with E-state index in [0.717, 1.165) is 35.0 Å². The summed E-state index contributed by atoms with van der Waals surface area (Å²) in [5.41, 5.74) is 2.15. The third kappa shape index (κ3) is 2.76. The van der Waals surface area contributed by atoms with Gasteiger partial charge in [-0.3, -0.25) is 9.88 Å². The van der Waals surface area contributed by atoms with Crippen LogP contribution < -0.4 is 0 Å². The van der Waals surface area contributed by atoms with E-state index in [-0.39, 0.29) is 6.04 Å². The average molecular weight is 318 g/mol. The summed E-state index contributed by atoms with van der Waals surface area (Å²) in [6.45, 7) is 2.12. The molecule has 1 aliphatic rings. The molecule has 24 heavy (non-hydrogen) atoms. The summed E-state index contributed by atoms with van der Waals surface area (Å²) in [6.07, 6.45) is 7.45. The summed E-state index contributed by atoms with van der Waals surface area (Å²) in [7, 11) is 0. The van der Waals surface area contributed by atoms with E-state index >= 15 is 0 Å². The number of aromatic hydroxyl groups is 1. The number of phenols is 1. The zero-order chi connectivity index (χ0) is 16.4. The molecule has 0 aliphatic carbocycles. The van der Waals surface area contributed by atoms with Crippen molar-refractivity contribution in [3.05, 3.63) is 72.1 Å². The number of phenolic OH excluding ortho intramolecular Hbond substituents is 1. The largest absolute Gasteiger partial charge is 0.508 e. The first-order valence-corrected chi connectivity index (χ1v) is 8.69. The van der Waals surface area contributed by atoms with Gasteiger partial charge in [0, 0.05) is 18.0 Å². The molecule has 3 nitrogen and oxygen atoms in total. The first-order chi connectivity index (χ1) is 11.8. The molecule has 0 spiro atoms. The van der Waals surface area contributed by atoms with E-state index in [1.165, 1.54) is 19.3 Å². The van der Waals surface area contributed by atoms with E-state index < -0.39 is 0 Å². The minimum atomic E-state index is 0.0464. The first kappa shape index (κ1) is 15.2. The fourth-order valence-corrected chi connectivity index (χ4v) is 3.85. The Balaban J connectivity index is 1.92. The molecule has 0 bridgehead atoms. The molecule has 3 heteroatoms. The number of hydrogen-bond acceptors (Lipinski definition) is 3. The molecule has 1 fully saturated rings. The van der Waals surface area contributed by atoms with Gasteiger partial charge in [0.2, 0.25) is 0 Å². The summed E-state index contributed by atoms with van der Waals surface area (Å²) < 4.78 is 0. The van der Waals surface area contributed by atoms with Gasteiger partial charge < -0.3 is 5.11 Å². The number of rotatable bonds is 3. The number of likely N-dealkylation sites (tertiary alicyclic amines) is 1. The number of benzene rings is 2. The van der Waals surface area contributed by atoms with E-state index in [2.05, 4.69) is 28.1 Å². The Labute approximate surface area is 142 Å². The standard InChI is InChI=1S/C21H22N2O/c24-19-11-10-16-7-2-3-9-18(16)20(19)21(17-8-6-12-22-15-17)23-13-4-1-5-14-23/h2-3,6-12,15,21,24H,1,4-5,13-14H2. The van der Waals surface area contributed by atoms with Gasteiger partial charge >= 0.3 is 0 Å². The zero-order valence-corrected chi connectivity index (χ0v) is 13.7. The van der Waals surface area contributed by atoms with Crippen LogP contribution in [0.1, 0.15) is 36.4 Å². The van der Waals surface area contributed by atoms with Crippen LogP contribution in [0, 0.1) is 0 Å². The summed E-state index contributed by atoms with van der Waals surface area (Å²) in [6, 6.07) is 16.3. The molecule has 0 amide bonds. The molecule has 0 saturated carbocycles. The van der Waals surface area contributed by atoms with Crippen LogP contribution in [-0.2, 0) is 0 Å². The maximum Gasteiger partial charge on any atom is 0.121 e. The topological polar surface area (TPSA) is 36.4 Å². The van der Waals surface area contributed by atoms with E-state index in [9.17, 15) is 5.11 Å². The first-order valence-electron chi connectivity index (χ1n) is 8.69. The lowest BCUT2D eigenvalue weighted by Gasteiger charge is -2.35. The van der Waals surface area contributed by atoms with Gasteiger partial charge in [-0.15, -0.1) is 0 Å². The van der Waals surface area contributed by atoms with Gasteiger partial charge in [-0.25, -0.2) is 0 Å². The van der Waals surface area contributed by atoms with Crippen LogP contribution in [0.4, 0.5) is 0 Å². The minimum Gasteiger partial charge on any atom is -0.508 e. The third-order valence-electron chi connectivity index (χ3n) is 4.98. The lowest BCUT2D eigenvalue weighted by molar-refractivity contribution is 0.185. The van der Waals surface area contributed by atoms with Crippen molar-refractivity contribution in [1.29, 1.82) is 0 Å². The monoisotopic (exact) mass is 318 g/mol. The summed E-state index contributed by atoms with van der Waals surface area (Å²) >= 11 is 0. The predicted octanol–water partition coefficient (Wildman–Crippen LogP) is 4.52. The van der Waals surface area contributed by atoms with E-state index in [4.69, 9.17) is 0 Å². The molecule has 0 radical (unpaired) electrons. The van der Waals surface area contributed by atoms with Gasteiger partial charge in [-0.05, 0) is 54.4 Å². The highest BCUT2D eigenvalue weighted by Gasteiger charge is 2.27. The highest BCUT2D eigenvalue weighted by atomic mass is 16.3. The molecular formula is C21H22N2O. The lowest BCUT2D eigenvalue weighted by Crippen LogP contribution is -2.34. The number of aromatic nitrogens is 1. The van der Waals surface area contributed by atoms with Gasteiger partial charge in [-0.2, -0.15) is 0 Å². The number of piperidine rings is 1. The Bertz CT molecular complexity index is 826. The van der Waals surface area contributed by atoms with Crippen molar-refractivity contribution < 1.29 is 5.11 Å². The van der Waals surface area contributed by atoms with Crippen LogP contribution in [0.15, 0.2) is 60.9 Å². The maximum atomic E-state index is 10.7. The van der Waals surface area contributed by atoms with Crippen molar-refractivity contribution in [2.24, 2.45) is 0 Å². The van der Waals surface area contributed by atoms with Gasteiger partial charge in [-0.1, -0.05) is 42.8 Å². The molecule has 2 aromatic carbocycles. The van der Waals surface area contributed by atoms with Crippen LogP contribution in [-0.4, -0.2) is 28.1 Å². The Kier molecular flexibility index (Phi) is 4.18. The molecule has 1 unspecified atom stereocenters. The molecule has 1 N–H and O–H groups in total. The molecule has 1 aromatic heterocycles. The van der Waals surface area contributed by atoms with Crippen LogP contribution in [0.2, 0.25) is 0 Å². The van der Waals surface area contributed by atoms with Crippen molar-refractivity contribution in [2.45, 2.75) is 25.3 Å². The number of nitrogens with zero attached hydrogens (tertiary/aromatic N) is 2. The van der Waals surface area contributed by atoms with Crippen molar-refractivity contribution in [3.8, 4) is 5.75 Å². The third-order valence-corrected chi connectivity index (χ3v) is 4.98. The van der Waals surface area contributed by atoms with Crippen LogP contribution in [0.3, 0.4) is 0 Å². The highest BCUT2D eigenvalue weighted by molar-refractivity contribution is 5.88. The second-order valence-electron chi connectivity index (χ2n) is 6.51. The molecule has 1 saturated heterocycles. The fraction of sp³-hybridized carbons (Fsp3) is 0.286. The molecular weight excluding hydrogens is 296 g/mol. The zero-order valence-electron chi connectivity index (χ0n) is 13.7. The number of hydrogen-bond donors (Lipinski definition) is 1. The van der Waals surface area contributed by atoms with Gasteiger partial charge in [0.25, 0.3) is 0 Å². The normalized spacial score (nSPS) is 17.0. The summed E-state index contributed by atoms with van der Waals surface area (Å²) in [5.74, 6) is 0.369. The molecule has 122 valence electrons. The Morgan fingerprint density at radius 1 is 0.917 bits per heavy atom. The van der Waals surface area contributed by atoms with Crippen molar-refractivity contribution in [1.82, 2.24) is 9.88 Å². The second kappa shape index (κ2) is 6.62. The quantitative estimate of drug-likeness (QED) is 0.771. The van der Waals surface area contributed by atoms with Crippen LogP contribution >= 0.6 is 0 Å². The highest BCUT2D eigenvalue weighted by Crippen LogP contribution is 2.39. The predicted molar refractivity (Wildman–Crippen MR) is 97.1 cm³/mol. The SMILES string of the molecule is Oc1ccc2ccccc2c1C(c1cccnc1)N1CCCCC1. The molecule has 1 aliphatic heterocycles. The average Bonchev–Trinajstić information content (AvgIpc) is 2.66. The molecule has 1 atom stereocenters. The Hall–Kier alpha value is -2.39. The lowest BCUT2D eigenvalue weighted by atomic mass is 9.91. The van der Waals surface area contributed by atoms with Crippen molar-refractivity contribution >= 4 is 10.8 Å². The van der Waals surface area contributed by atoms with Crippen molar-refractivity contribution in [2.75, 3.05) is 13.1 Å². The van der Waals surface area contributed by atoms with E-state index in [0.29, 0.717) is 5.75 Å². The van der Waals surface area contributed by atoms with Crippen LogP contribution in [0.5, 0.6) is 5.75 Å².